The third kappa shape index (κ3) is 40.0. The maximum absolute atomic E-state index is 13.1. The molecule has 0 aromatic heterocycles. The van der Waals surface area contributed by atoms with Crippen molar-refractivity contribution in [1.82, 2.24) is 5.32 Å². The van der Waals surface area contributed by atoms with E-state index in [1.807, 2.05) is 6.08 Å². The van der Waals surface area contributed by atoms with Gasteiger partial charge in [-0.1, -0.05) is 295 Å². The number of ether oxygens (including phenoxy) is 2. The Morgan fingerprint density at radius 1 is 0.472 bits per heavy atom. The first kappa shape index (κ1) is 68.6. The number of nitrogens with one attached hydrogen (secondary N) is 1. The minimum Gasteiger partial charge on any atom is -0.394 e. The Balaban J connectivity index is 2.17. The standard InChI is InChI=1S/C62H119NO9/c1-3-5-7-9-11-13-15-17-19-21-22-23-24-25-26-27-28-29-30-31-32-33-34-35-37-39-41-43-45-47-49-51-56(66)61(70)63-54(53-71-62-60(69)59(68)58(67)57(52-64)72-62)55(65)50-48-46-44-42-40-38-36-20-18-16-14-12-10-8-6-4-2/h40,42,48,50,54-60,62,64-69H,3-39,41,43-47,49,51-53H2,1-2H3,(H,63,70)/b42-40+,50-48+. The molecule has 8 atom stereocenters. The van der Waals surface area contributed by atoms with Crippen molar-refractivity contribution in [3.05, 3.63) is 24.3 Å². The van der Waals surface area contributed by atoms with Crippen LogP contribution in [0.5, 0.6) is 0 Å². The molecule has 10 nitrogen and oxygen atoms in total. The number of carbonyl (C=O) groups is 1. The highest BCUT2D eigenvalue weighted by Crippen LogP contribution is 2.23. The van der Waals surface area contributed by atoms with Crippen LogP contribution in [0.3, 0.4) is 0 Å². The summed E-state index contributed by atoms with van der Waals surface area (Å²) in [5, 5.41) is 65.0. The molecule has 0 spiro atoms. The SMILES string of the molecule is CCCCCCCCCCCC/C=C/CC/C=C/C(O)C(COC1OC(CO)C(O)C(O)C1O)NC(=O)C(O)CCCCCCCCCCCCCCCCCCCCCCCCCCCCCCCCC. The lowest BCUT2D eigenvalue weighted by Crippen LogP contribution is -2.60. The molecular formula is C62H119NO9. The van der Waals surface area contributed by atoms with E-state index in [1.165, 1.54) is 238 Å². The lowest BCUT2D eigenvalue weighted by atomic mass is 9.99. The highest BCUT2D eigenvalue weighted by Gasteiger charge is 2.44. The van der Waals surface area contributed by atoms with Crippen molar-refractivity contribution in [2.24, 2.45) is 0 Å². The maximum atomic E-state index is 13.1. The molecule has 1 saturated heterocycles. The molecule has 8 unspecified atom stereocenters. The van der Waals surface area contributed by atoms with Crippen LogP contribution in [0.25, 0.3) is 0 Å². The molecule has 1 aliphatic heterocycles. The Morgan fingerprint density at radius 2 is 0.819 bits per heavy atom. The average Bonchev–Trinajstić information content (AvgIpc) is 3.38. The molecule has 0 saturated carbocycles. The zero-order valence-corrected chi connectivity index (χ0v) is 47.1. The monoisotopic (exact) mass is 1020 g/mol. The van der Waals surface area contributed by atoms with Crippen molar-refractivity contribution in [3.8, 4) is 0 Å². The molecule has 1 aliphatic rings. The first-order valence-corrected chi connectivity index (χ1v) is 31.2. The summed E-state index contributed by atoms with van der Waals surface area (Å²) >= 11 is 0. The molecular weight excluding hydrogens is 903 g/mol. The minimum absolute atomic E-state index is 0.309. The van der Waals surface area contributed by atoms with Crippen LogP contribution < -0.4 is 5.32 Å². The number of amides is 1. The normalized spacial score (nSPS) is 19.7. The summed E-state index contributed by atoms with van der Waals surface area (Å²) in [4.78, 5) is 13.1. The Labute approximate surface area is 443 Å². The van der Waals surface area contributed by atoms with E-state index in [0.717, 1.165) is 38.5 Å². The molecule has 0 aliphatic carbocycles. The van der Waals surface area contributed by atoms with Gasteiger partial charge in [-0.15, -0.1) is 0 Å². The second-order valence-corrected chi connectivity index (χ2v) is 22.0. The summed E-state index contributed by atoms with van der Waals surface area (Å²) in [5.41, 5.74) is 0. The molecule has 0 radical (unpaired) electrons. The number of rotatable bonds is 54. The average molecular weight is 1020 g/mol. The van der Waals surface area contributed by atoms with Crippen molar-refractivity contribution in [2.75, 3.05) is 13.2 Å². The van der Waals surface area contributed by atoms with Gasteiger partial charge in [0.05, 0.1) is 25.4 Å². The minimum atomic E-state index is -1.61. The van der Waals surface area contributed by atoms with Gasteiger partial charge < -0.3 is 45.4 Å². The second-order valence-electron chi connectivity index (χ2n) is 22.0. The number of hydrogen-bond donors (Lipinski definition) is 7. The van der Waals surface area contributed by atoms with E-state index in [4.69, 9.17) is 9.47 Å². The van der Waals surface area contributed by atoms with Crippen LogP contribution in [0.1, 0.15) is 303 Å². The fourth-order valence-electron chi connectivity index (χ4n) is 10.1. The molecule has 1 amide bonds. The van der Waals surface area contributed by atoms with Crippen molar-refractivity contribution in [3.63, 3.8) is 0 Å². The van der Waals surface area contributed by atoms with Crippen molar-refractivity contribution in [2.45, 2.75) is 352 Å². The number of allylic oxidation sites excluding steroid dienone is 3. The molecule has 0 aromatic rings. The van der Waals surface area contributed by atoms with Crippen LogP contribution in [0, 0.1) is 0 Å². The fourth-order valence-corrected chi connectivity index (χ4v) is 10.1. The summed E-state index contributed by atoms with van der Waals surface area (Å²) in [5.74, 6) is -0.620. The molecule has 1 rings (SSSR count). The van der Waals surface area contributed by atoms with Gasteiger partial charge in [-0.05, 0) is 32.1 Å². The predicted molar refractivity (Wildman–Crippen MR) is 301 cm³/mol. The van der Waals surface area contributed by atoms with Crippen LogP contribution in [0.2, 0.25) is 0 Å². The van der Waals surface area contributed by atoms with E-state index in [0.29, 0.717) is 12.8 Å². The van der Waals surface area contributed by atoms with Crippen molar-refractivity contribution < 1.29 is 44.9 Å². The molecule has 0 bridgehead atoms. The lowest BCUT2D eigenvalue weighted by Gasteiger charge is -2.40. The van der Waals surface area contributed by atoms with Crippen molar-refractivity contribution >= 4 is 5.91 Å². The van der Waals surface area contributed by atoms with Gasteiger partial charge in [-0.2, -0.15) is 0 Å². The van der Waals surface area contributed by atoms with Gasteiger partial charge in [0.1, 0.15) is 30.5 Å². The predicted octanol–water partition coefficient (Wildman–Crippen LogP) is 14.7. The number of aliphatic hydroxyl groups excluding tert-OH is 6. The molecule has 0 aromatic carbocycles. The number of carbonyl (C=O) groups excluding carboxylic acids is 1. The van der Waals surface area contributed by atoms with Gasteiger partial charge in [0.15, 0.2) is 6.29 Å². The molecule has 1 heterocycles. The highest BCUT2D eigenvalue weighted by molar-refractivity contribution is 5.80. The number of hydrogen-bond acceptors (Lipinski definition) is 9. The summed E-state index contributed by atoms with van der Waals surface area (Å²) in [7, 11) is 0. The molecule has 7 N–H and O–H groups in total. The van der Waals surface area contributed by atoms with E-state index < -0.39 is 61.5 Å². The lowest BCUT2D eigenvalue weighted by molar-refractivity contribution is -0.302. The third-order valence-corrected chi connectivity index (χ3v) is 15.1. The quantitative estimate of drug-likeness (QED) is 0.0232. The maximum Gasteiger partial charge on any atom is 0.249 e. The molecule has 426 valence electrons. The summed E-state index contributed by atoms with van der Waals surface area (Å²) in [6.45, 7) is 3.63. The zero-order chi connectivity index (χ0) is 52.4. The van der Waals surface area contributed by atoms with E-state index in [9.17, 15) is 35.4 Å². The number of aliphatic hydroxyl groups is 6. The van der Waals surface area contributed by atoms with E-state index >= 15 is 0 Å². The topological polar surface area (TPSA) is 169 Å². The Hall–Kier alpha value is -1.37. The van der Waals surface area contributed by atoms with Gasteiger partial charge in [0.25, 0.3) is 0 Å². The Bertz CT molecular complexity index is 1200. The summed E-state index contributed by atoms with van der Waals surface area (Å²) in [6, 6.07) is -0.994. The van der Waals surface area contributed by atoms with E-state index in [1.54, 1.807) is 6.08 Å². The van der Waals surface area contributed by atoms with Gasteiger partial charge in [-0.3, -0.25) is 4.79 Å². The van der Waals surface area contributed by atoms with E-state index in [2.05, 4.69) is 31.3 Å². The van der Waals surface area contributed by atoms with Gasteiger partial charge in [-0.25, -0.2) is 0 Å². The van der Waals surface area contributed by atoms with Gasteiger partial charge in [0, 0.05) is 0 Å². The largest absolute Gasteiger partial charge is 0.394 e. The van der Waals surface area contributed by atoms with Crippen LogP contribution in [0.15, 0.2) is 24.3 Å². The first-order chi connectivity index (χ1) is 35.3. The number of unbranched alkanes of at least 4 members (excludes halogenated alkanes) is 41. The summed E-state index contributed by atoms with van der Waals surface area (Å²) in [6.07, 6.45) is 55.9. The van der Waals surface area contributed by atoms with Crippen LogP contribution in [0.4, 0.5) is 0 Å². The van der Waals surface area contributed by atoms with E-state index in [-0.39, 0.29) is 6.61 Å². The molecule has 1 fully saturated rings. The molecule has 72 heavy (non-hydrogen) atoms. The third-order valence-electron chi connectivity index (χ3n) is 15.1. The van der Waals surface area contributed by atoms with Crippen LogP contribution in [-0.2, 0) is 14.3 Å². The van der Waals surface area contributed by atoms with Gasteiger partial charge >= 0.3 is 0 Å². The van der Waals surface area contributed by atoms with Crippen molar-refractivity contribution in [1.29, 1.82) is 0 Å². The van der Waals surface area contributed by atoms with Gasteiger partial charge in [0.2, 0.25) is 5.91 Å². The second kappa shape index (κ2) is 51.7. The van der Waals surface area contributed by atoms with Crippen LogP contribution >= 0.6 is 0 Å². The summed E-state index contributed by atoms with van der Waals surface area (Å²) < 4.78 is 11.2. The smallest absolute Gasteiger partial charge is 0.249 e. The zero-order valence-electron chi connectivity index (χ0n) is 47.1. The highest BCUT2D eigenvalue weighted by atomic mass is 16.7. The van der Waals surface area contributed by atoms with Crippen LogP contribution in [-0.4, -0.2) is 98.7 Å². The fraction of sp³-hybridized carbons (Fsp3) is 0.919. The Kier molecular flexibility index (Phi) is 49.3. The molecule has 10 heteroatoms. The first-order valence-electron chi connectivity index (χ1n) is 31.2. The Morgan fingerprint density at radius 3 is 1.21 bits per heavy atom.